The van der Waals surface area contributed by atoms with Crippen LogP contribution in [0.3, 0.4) is 0 Å². The van der Waals surface area contributed by atoms with Crippen LogP contribution in [0.25, 0.3) is 0 Å². The smallest absolute Gasteiger partial charge is 0.255 e. The van der Waals surface area contributed by atoms with Gasteiger partial charge in [-0.3, -0.25) is 4.79 Å². The van der Waals surface area contributed by atoms with Crippen molar-refractivity contribution in [1.82, 2.24) is 9.88 Å². The first-order chi connectivity index (χ1) is 10.3. The van der Waals surface area contributed by atoms with Gasteiger partial charge in [0.05, 0.1) is 5.56 Å². The molecule has 0 bridgehead atoms. The first kappa shape index (κ1) is 13.6. The molecule has 1 aromatic carbocycles. The van der Waals surface area contributed by atoms with E-state index in [1.165, 1.54) is 11.1 Å². The number of hydrogen-bond donors (Lipinski definition) is 1. The molecule has 1 amide bonds. The molecule has 0 fully saturated rings. The van der Waals surface area contributed by atoms with Gasteiger partial charge in [-0.15, -0.1) is 0 Å². The fourth-order valence-corrected chi connectivity index (χ4v) is 2.72. The summed E-state index contributed by atoms with van der Waals surface area (Å²) >= 11 is 0. The van der Waals surface area contributed by atoms with Crippen LogP contribution in [0.4, 0.5) is 5.82 Å². The first-order valence-corrected chi connectivity index (χ1v) is 7.28. The molecule has 4 nitrogen and oxygen atoms in total. The maximum atomic E-state index is 12.6. The maximum Gasteiger partial charge on any atom is 0.255 e. The molecule has 0 saturated heterocycles. The summed E-state index contributed by atoms with van der Waals surface area (Å²) in [7, 11) is 1.82. The van der Waals surface area contributed by atoms with Crippen LogP contribution in [0.2, 0.25) is 0 Å². The van der Waals surface area contributed by atoms with E-state index >= 15 is 0 Å². The van der Waals surface area contributed by atoms with Gasteiger partial charge in [0.1, 0.15) is 5.82 Å². The number of pyridine rings is 1. The van der Waals surface area contributed by atoms with E-state index in [0.29, 0.717) is 12.1 Å². The van der Waals surface area contributed by atoms with E-state index in [1.807, 2.05) is 30.1 Å². The van der Waals surface area contributed by atoms with Crippen molar-refractivity contribution in [1.29, 1.82) is 0 Å². The van der Waals surface area contributed by atoms with Gasteiger partial charge in [-0.1, -0.05) is 24.3 Å². The van der Waals surface area contributed by atoms with Gasteiger partial charge in [0.15, 0.2) is 0 Å². The third kappa shape index (κ3) is 2.89. The molecule has 0 unspecified atom stereocenters. The highest BCUT2D eigenvalue weighted by atomic mass is 16.2. The van der Waals surface area contributed by atoms with E-state index in [-0.39, 0.29) is 5.91 Å². The molecule has 0 atom stereocenters. The van der Waals surface area contributed by atoms with Gasteiger partial charge in [0, 0.05) is 26.3 Å². The molecule has 1 aliphatic heterocycles. The van der Waals surface area contributed by atoms with Crippen molar-refractivity contribution in [3.63, 3.8) is 0 Å². The number of carbonyl (C=O) groups excluding carboxylic acids is 1. The molecular formula is C17H19N3O. The molecule has 2 aromatic rings. The fourth-order valence-electron chi connectivity index (χ4n) is 2.72. The zero-order valence-corrected chi connectivity index (χ0v) is 12.2. The van der Waals surface area contributed by atoms with Crippen molar-refractivity contribution in [2.75, 3.05) is 18.9 Å². The Bertz CT molecular complexity index is 637. The Morgan fingerprint density at radius 3 is 2.71 bits per heavy atom. The molecule has 2 heterocycles. The van der Waals surface area contributed by atoms with Gasteiger partial charge in [0.25, 0.3) is 5.91 Å². The molecule has 21 heavy (non-hydrogen) atoms. The molecule has 0 saturated carbocycles. The quantitative estimate of drug-likeness (QED) is 0.920. The minimum atomic E-state index is 0.0573. The largest absolute Gasteiger partial charge is 0.373 e. The van der Waals surface area contributed by atoms with Crippen LogP contribution in [-0.2, 0) is 13.0 Å². The minimum Gasteiger partial charge on any atom is -0.373 e. The SMILES string of the molecule is CNc1ccc(C(=O)N2CCCc3ccccc3C2)cn1. The first-order valence-electron chi connectivity index (χ1n) is 7.28. The van der Waals surface area contributed by atoms with Crippen molar-refractivity contribution >= 4 is 11.7 Å². The van der Waals surface area contributed by atoms with E-state index in [9.17, 15) is 4.79 Å². The van der Waals surface area contributed by atoms with Crippen LogP contribution in [-0.4, -0.2) is 29.4 Å². The van der Waals surface area contributed by atoms with Gasteiger partial charge in [-0.2, -0.15) is 0 Å². The highest BCUT2D eigenvalue weighted by Gasteiger charge is 2.20. The lowest BCUT2D eigenvalue weighted by Gasteiger charge is -2.21. The third-order valence-corrected chi connectivity index (χ3v) is 3.91. The highest BCUT2D eigenvalue weighted by molar-refractivity contribution is 5.94. The Labute approximate surface area is 124 Å². The van der Waals surface area contributed by atoms with E-state index in [0.717, 1.165) is 25.2 Å². The van der Waals surface area contributed by atoms with Crippen molar-refractivity contribution in [3.8, 4) is 0 Å². The van der Waals surface area contributed by atoms with Crippen molar-refractivity contribution in [3.05, 3.63) is 59.3 Å². The van der Waals surface area contributed by atoms with Crippen LogP contribution in [0.1, 0.15) is 27.9 Å². The summed E-state index contributed by atoms with van der Waals surface area (Å²) < 4.78 is 0. The topological polar surface area (TPSA) is 45.2 Å². The molecule has 4 heteroatoms. The van der Waals surface area contributed by atoms with Crippen LogP contribution >= 0.6 is 0 Å². The molecule has 0 aliphatic carbocycles. The Morgan fingerprint density at radius 2 is 2.00 bits per heavy atom. The average molecular weight is 281 g/mol. The molecular weight excluding hydrogens is 262 g/mol. The van der Waals surface area contributed by atoms with E-state index in [4.69, 9.17) is 0 Å². The molecule has 108 valence electrons. The summed E-state index contributed by atoms with van der Waals surface area (Å²) in [5.41, 5.74) is 3.26. The van der Waals surface area contributed by atoms with Gasteiger partial charge in [-0.05, 0) is 36.1 Å². The van der Waals surface area contributed by atoms with Crippen LogP contribution < -0.4 is 5.32 Å². The molecule has 1 aliphatic rings. The number of aromatic nitrogens is 1. The number of aryl methyl sites for hydroxylation is 1. The predicted octanol–water partition coefficient (Wildman–Crippen LogP) is 2.71. The zero-order valence-electron chi connectivity index (χ0n) is 12.2. The number of carbonyl (C=O) groups is 1. The van der Waals surface area contributed by atoms with Crippen LogP contribution in [0.5, 0.6) is 0 Å². The number of hydrogen-bond acceptors (Lipinski definition) is 3. The van der Waals surface area contributed by atoms with Crippen molar-refractivity contribution in [2.24, 2.45) is 0 Å². The minimum absolute atomic E-state index is 0.0573. The second-order valence-electron chi connectivity index (χ2n) is 5.28. The number of benzene rings is 1. The number of anilines is 1. The third-order valence-electron chi connectivity index (χ3n) is 3.91. The Hall–Kier alpha value is -2.36. The molecule has 1 aromatic heterocycles. The number of nitrogens with zero attached hydrogens (tertiary/aromatic N) is 2. The maximum absolute atomic E-state index is 12.6. The Kier molecular flexibility index (Phi) is 3.86. The summed E-state index contributed by atoms with van der Waals surface area (Å²) in [5.74, 6) is 0.828. The molecule has 0 radical (unpaired) electrons. The van der Waals surface area contributed by atoms with Crippen molar-refractivity contribution in [2.45, 2.75) is 19.4 Å². The number of amides is 1. The van der Waals surface area contributed by atoms with Gasteiger partial charge in [-0.25, -0.2) is 4.98 Å². The summed E-state index contributed by atoms with van der Waals surface area (Å²) in [5, 5.41) is 2.96. The summed E-state index contributed by atoms with van der Waals surface area (Å²) in [6, 6.07) is 12.0. The Morgan fingerprint density at radius 1 is 1.19 bits per heavy atom. The van der Waals surface area contributed by atoms with E-state index in [1.54, 1.807) is 6.20 Å². The zero-order chi connectivity index (χ0) is 14.7. The van der Waals surface area contributed by atoms with Gasteiger partial charge < -0.3 is 10.2 Å². The number of nitrogens with one attached hydrogen (secondary N) is 1. The van der Waals surface area contributed by atoms with Crippen LogP contribution in [0.15, 0.2) is 42.6 Å². The monoisotopic (exact) mass is 281 g/mol. The molecule has 3 rings (SSSR count). The fraction of sp³-hybridized carbons (Fsp3) is 0.294. The van der Waals surface area contributed by atoms with Crippen LogP contribution in [0, 0.1) is 0 Å². The second kappa shape index (κ2) is 5.95. The molecule has 1 N–H and O–H groups in total. The summed E-state index contributed by atoms with van der Waals surface area (Å²) in [6.45, 7) is 1.48. The standard InChI is InChI=1S/C17H19N3O/c1-18-16-9-8-14(11-19-16)17(21)20-10-4-7-13-5-2-3-6-15(13)12-20/h2-3,5-6,8-9,11H,4,7,10,12H2,1H3,(H,18,19). The van der Waals surface area contributed by atoms with Crippen molar-refractivity contribution < 1.29 is 4.79 Å². The average Bonchev–Trinajstić information content (AvgIpc) is 2.76. The predicted molar refractivity (Wildman–Crippen MR) is 83.3 cm³/mol. The summed E-state index contributed by atoms with van der Waals surface area (Å²) in [6.07, 6.45) is 3.69. The lowest BCUT2D eigenvalue weighted by atomic mass is 10.0. The number of fused-ring (bicyclic) bond motifs is 1. The lowest BCUT2D eigenvalue weighted by molar-refractivity contribution is 0.0745. The highest BCUT2D eigenvalue weighted by Crippen LogP contribution is 2.20. The van der Waals surface area contributed by atoms with E-state index in [2.05, 4.69) is 28.5 Å². The normalized spacial score (nSPS) is 14.2. The van der Waals surface area contributed by atoms with Gasteiger partial charge >= 0.3 is 0 Å². The second-order valence-corrected chi connectivity index (χ2v) is 5.28. The number of rotatable bonds is 2. The summed E-state index contributed by atoms with van der Waals surface area (Å²) in [4.78, 5) is 18.8. The van der Waals surface area contributed by atoms with Gasteiger partial charge in [0.2, 0.25) is 0 Å². The van der Waals surface area contributed by atoms with E-state index < -0.39 is 0 Å². The molecule has 0 spiro atoms. The lowest BCUT2D eigenvalue weighted by Crippen LogP contribution is -2.30. The Balaban J connectivity index is 1.81.